The van der Waals surface area contributed by atoms with E-state index in [0.717, 1.165) is 31.9 Å². The van der Waals surface area contributed by atoms with Crippen molar-refractivity contribution in [2.45, 2.75) is 37.8 Å². The summed E-state index contributed by atoms with van der Waals surface area (Å²) >= 11 is 0. The quantitative estimate of drug-likeness (QED) is 0.766. The lowest BCUT2D eigenvalue weighted by atomic mass is 10.0. The zero-order valence-corrected chi connectivity index (χ0v) is 14.1. The Labute approximate surface area is 138 Å². The smallest absolute Gasteiger partial charge is 0.236 e. The van der Waals surface area contributed by atoms with Gasteiger partial charge in [0.25, 0.3) is 0 Å². The van der Waals surface area contributed by atoms with Gasteiger partial charge in [-0.15, -0.1) is 0 Å². The summed E-state index contributed by atoms with van der Waals surface area (Å²) < 4.78 is 6.20. The topological polar surface area (TPSA) is 45.7 Å². The van der Waals surface area contributed by atoms with E-state index in [2.05, 4.69) is 22.0 Å². The van der Waals surface area contributed by atoms with Crippen molar-refractivity contribution < 1.29 is 9.53 Å². The highest BCUT2D eigenvalue weighted by Crippen LogP contribution is 2.31. The largest absolute Gasteiger partial charge is 0.376 e. The Morgan fingerprint density at radius 1 is 1.30 bits per heavy atom. The van der Waals surface area contributed by atoms with Crippen LogP contribution in [0.15, 0.2) is 24.5 Å². The van der Waals surface area contributed by atoms with E-state index in [1.165, 1.54) is 18.4 Å². The number of pyridine rings is 1. The Hall–Kier alpha value is -1.46. The second-order valence-electron chi connectivity index (χ2n) is 6.99. The molecule has 0 bridgehead atoms. The molecule has 2 fully saturated rings. The van der Waals surface area contributed by atoms with Crippen molar-refractivity contribution in [2.24, 2.45) is 5.92 Å². The first-order valence-electron chi connectivity index (χ1n) is 8.58. The third-order valence-corrected chi connectivity index (χ3v) is 4.87. The van der Waals surface area contributed by atoms with E-state index in [1.54, 1.807) is 4.90 Å². The summed E-state index contributed by atoms with van der Waals surface area (Å²) in [6, 6.07) is 4.39. The molecular formula is C18H27N3O2. The fourth-order valence-electron chi connectivity index (χ4n) is 3.16. The molecule has 1 aliphatic carbocycles. The zero-order valence-electron chi connectivity index (χ0n) is 14.1. The molecule has 0 aromatic carbocycles. The van der Waals surface area contributed by atoms with Gasteiger partial charge in [0.05, 0.1) is 12.6 Å². The van der Waals surface area contributed by atoms with Crippen LogP contribution in [0.3, 0.4) is 0 Å². The van der Waals surface area contributed by atoms with Crippen LogP contribution in [-0.4, -0.2) is 66.6 Å². The molecule has 1 saturated heterocycles. The number of carbonyl (C=O) groups excluding carboxylic acids is 1. The lowest BCUT2D eigenvalue weighted by Gasteiger charge is -2.28. The molecule has 0 N–H and O–H groups in total. The number of rotatable bonds is 7. The molecule has 5 nitrogen and oxygen atoms in total. The maximum absolute atomic E-state index is 12.1. The Bertz CT molecular complexity index is 516. The van der Waals surface area contributed by atoms with E-state index in [1.807, 2.05) is 26.5 Å². The van der Waals surface area contributed by atoms with Crippen molar-refractivity contribution in [3.8, 4) is 0 Å². The number of hydrogen-bond donors (Lipinski definition) is 0. The summed E-state index contributed by atoms with van der Waals surface area (Å²) in [5.74, 6) is 0.932. The summed E-state index contributed by atoms with van der Waals surface area (Å²) in [5, 5.41) is 0. The van der Waals surface area contributed by atoms with Crippen LogP contribution in [0.5, 0.6) is 0 Å². The summed E-state index contributed by atoms with van der Waals surface area (Å²) in [6.07, 6.45) is 8.45. The van der Waals surface area contributed by atoms with Crippen LogP contribution in [0, 0.1) is 5.92 Å². The molecule has 5 heteroatoms. The molecule has 2 atom stereocenters. The Kier molecular flexibility index (Phi) is 5.28. The third kappa shape index (κ3) is 4.52. The first-order chi connectivity index (χ1) is 11.1. The minimum Gasteiger partial charge on any atom is -0.376 e. The second kappa shape index (κ2) is 7.41. The zero-order chi connectivity index (χ0) is 16.2. The molecule has 126 valence electrons. The van der Waals surface area contributed by atoms with Crippen LogP contribution in [0.2, 0.25) is 0 Å². The molecule has 1 aliphatic heterocycles. The van der Waals surface area contributed by atoms with Crippen molar-refractivity contribution in [2.75, 3.05) is 33.8 Å². The predicted molar refractivity (Wildman–Crippen MR) is 89.1 cm³/mol. The first-order valence-corrected chi connectivity index (χ1v) is 8.58. The van der Waals surface area contributed by atoms with E-state index in [9.17, 15) is 4.79 Å². The van der Waals surface area contributed by atoms with Crippen molar-refractivity contribution in [3.63, 3.8) is 0 Å². The van der Waals surface area contributed by atoms with Crippen molar-refractivity contribution >= 4 is 5.91 Å². The number of aromatic nitrogens is 1. The van der Waals surface area contributed by atoms with Crippen molar-refractivity contribution in [1.29, 1.82) is 0 Å². The molecule has 23 heavy (non-hydrogen) atoms. The normalized spacial score (nSPS) is 24.8. The number of ether oxygens (including phenoxy) is 1. The van der Waals surface area contributed by atoms with E-state index in [0.29, 0.717) is 6.54 Å². The summed E-state index contributed by atoms with van der Waals surface area (Å²) in [5.41, 5.74) is 1.26. The van der Waals surface area contributed by atoms with Crippen molar-refractivity contribution in [3.05, 3.63) is 30.1 Å². The number of likely N-dealkylation sites (tertiary alicyclic amines) is 1. The van der Waals surface area contributed by atoms with E-state index >= 15 is 0 Å². The highest BCUT2D eigenvalue weighted by molar-refractivity contribution is 5.77. The lowest BCUT2D eigenvalue weighted by Crippen LogP contribution is -2.43. The van der Waals surface area contributed by atoms with Gasteiger partial charge in [0.15, 0.2) is 0 Å². The van der Waals surface area contributed by atoms with Crippen LogP contribution in [-0.2, 0) is 16.0 Å². The number of hydrogen-bond acceptors (Lipinski definition) is 4. The minimum atomic E-state index is 0.160. The van der Waals surface area contributed by atoms with E-state index in [-0.39, 0.29) is 18.1 Å². The molecule has 1 aromatic heterocycles. The van der Waals surface area contributed by atoms with Gasteiger partial charge >= 0.3 is 0 Å². The summed E-state index contributed by atoms with van der Waals surface area (Å²) in [6.45, 7) is 2.30. The summed E-state index contributed by atoms with van der Waals surface area (Å²) in [4.78, 5) is 20.2. The number of carbonyl (C=O) groups is 1. The van der Waals surface area contributed by atoms with Gasteiger partial charge in [0.1, 0.15) is 0 Å². The fraction of sp³-hybridized carbons (Fsp3) is 0.667. The average Bonchev–Trinajstić information content (AvgIpc) is 3.31. The SMILES string of the molecule is CN(C)C(=O)CN1CC[C@@H](OCC2CC2)[C@H]1Cc1ccncc1. The average molecular weight is 317 g/mol. The van der Waals surface area contributed by atoms with Gasteiger partial charge in [-0.05, 0) is 49.3 Å². The first kappa shape index (κ1) is 16.4. The highest BCUT2D eigenvalue weighted by atomic mass is 16.5. The lowest BCUT2D eigenvalue weighted by molar-refractivity contribution is -0.130. The summed E-state index contributed by atoms with van der Waals surface area (Å²) in [7, 11) is 3.63. The van der Waals surface area contributed by atoms with Crippen LogP contribution >= 0.6 is 0 Å². The Morgan fingerprint density at radius 3 is 2.70 bits per heavy atom. The molecule has 1 saturated carbocycles. The molecule has 0 unspecified atom stereocenters. The van der Waals surface area contributed by atoms with Gasteiger partial charge in [-0.25, -0.2) is 0 Å². The molecule has 2 aliphatic rings. The number of nitrogens with zero attached hydrogens (tertiary/aromatic N) is 3. The van der Waals surface area contributed by atoms with Crippen LogP contribution < -0.4 is 0 Å². The predicted octanol–water partition coefficient (Wildman–Crippen LogP) is 1.58. The van der Waals surface area contributed by atoms with Gasteiger partial charge < -0.3 is 9.64 Å². The second-order valence-corrected chi connectivity index (χ2v) is 6.99. The highest BCUT2D eigenvalue weighted by Gasteiger charge is 2.37. The molecule has 0 spiro atoms. The van der Waals surface area contributed by atoms with Gasteiger partial charge in [0, 0.05) is 45.7 Å². The van der Waals surface area contributed by atoms with E-state index < -0.39 is 0 Å². The Morgan fingerprint density at radius 2 is 2.04 bits per heavy atom. The molecule has 3 rings (SSSR count). The third-order valence-electron chi connectivity index (χ3n) is 4.87. The van der Waals surface area contributed by atoms with Gasteiger partial charge in [-0.2, -0.15) is 0 Å². The molecule has 1 aromatic rings. The number of amides is 1. The van der Waals surface area contributed by atoms with Gasteiger partial charge in [0.2, 0.25) is 5.91 Å². The van der Waals surface area contributed by atoms with E-state index in [4.69, 9.17) is 4.74 Å². The van der Waals surface area contributed by atoms with Crippen LogP contribution in [0.25, 0.3) is 0 Å². The van der Waals surface area contributed by atoms with Gasteiger partial charge in [-0.3, -0.25) is 14.7 Å². The minimum absolute atomic E-state index is 0.160. The standard InChI is InChI=1S/C18H27N3O2/c1-20(2)18(22)12-21-10-7-17(23-13-15-3-4-15)16(21)11-14-5-8-19-9-6-14/h5-6,8-9,15-17H,3-4,7,10-13H2,1-2H3/t16-,17-/m1/s1. The monoisotopic (exact) mass is 317 g/mol. The molecule has 2 heterocycles. The van der Waals surface area contributed by atoms with Crippen LogP contribution in [0.4, 0.5) is 0 Å². The Balaban J connectivity index is 1.65. The van der Waals surface area contributed by atoms with Crippen LogP contribution in [0.1, 0.15) is 24.8 Å². The number of likely N-dealkylation sites (N-methyl/N-ethyl adjacent to an activating group) is 1. The molecular weight excluding hydrogens is 290 g/mol. The van der Waals surface area contributed by atoms with Crippen molar-refractivity contribution in [1.82, 2.24) is 14.8 Å². The maximum Gasteiger partial charge on any atom is 0.236 e. The maximum atomic E-state index is 12.1. The molecule has 1 amide bonds. The van der Waals surface area contributed by atoms with Gasteiger partial charge in [-0.1, -0.05) is 0 Å². The molecule has 0 radical (unpaired) electrons. The fourth-order valence-corrected chi connectivity index (χ4v) is 3.16.